The number of ether oxygens (including phenoxy) is 1. The second-order valence-electron chi connectivity index (χ2n) is 5.77. The van der Waals surface area contributed by atoms with Gasteiger partial charge in [0.1, 0.15) is 17.4 Å². The molecule has 0 aliphatic rings. The SMILES string of the molecule is CCC/C=C/NC(=NC)c1cc(-c2ccc(F)cc2)cc(OC)c1C. The van der Waals surface area contributed by atoms with Crippen molar-refractivity contribution in [2.75, 3.05) is 14.2 Å². The first-order valence-corrected chi connectivity index (χ1v) is 8.44. The Kier molecular flexibility index (Phi) is 6.75. The van der Waals surface area contributed by atoms with Crippen molar-refractivity contribution < 1.29 is 9.13 Å². The minimum Gasteiger partial charge on any atom is -0.496 e. The zero-order chi connectivity index (χ0) is 18.2. The number of hydrogen-bond donors (Lipinski definition) is 1. The van der Waals surface area contributed by atoms with Crippen molar-refractivity contribution >= 4 is 5.84 Å². The maximum atomic E-state index is 13.2. The van der Waals surface area contributed by atoms with E-state index in [4.69, 9.17) is 4.74 Å². The molecule has 0 fully saturated rings. The molecule has 3 nitrogen and oxygen atoms in total. The van der Waals surface area contributed by atoms with Gasteiger partial charge in [-0.3, -0.25) is 4.99 Å². The highest BCUT2D eigenvalue weighted by molar-refractivity contribution is 6.02. The zero-order valence-electron chi connectivity index (χ0n) is 15.3. The number of hydrogen-bond acceptors (Lipinski definition) is 2. The number of nitrogens with one attached hydrogen (secondary N) is 1. The smallest absolute Gasteiger partial charge is 0.132 e. The van der Waals surface area contributed by atoms with Gasteiger partial charge in [-0.1, -0.05) is 31.6 Å². The Labute approximate surface area is 149 Å². The molecule has 0 heterocycles. The summed E-state index contributed by atoms with van der Waals surface area (Å²) in [5, 5.41) is 3.25. The third kappa shape index (κ3) is 4.69. The third-order valence-electron chi connectivity index (χ3n) is 4.03. The van der Waals surface area contributed by atoms with Crippen LogP contribution < -0.4 is 10.1 Å². The predicted octanol–water partition coefficient (Wildman–Crippen LogP) is 5.09. The van der Waals surface area contributed by atoms with Gasteiger partial charge in [0.2, 0.25) is 0 Å². The number of amidine groups is 1. The molecule has 0 saturated heterocycles. The summed E-state index contributed by atoms with van der Waals surface area (Å²) in [7, 11) is 3.41. The summed E-state index contributed by atoms with van der Waals surface area (Å²) < 4.78 is 18.7. The molecule has 2 aromatic carbocycles. The summed E-state index contributed by atoms with van der Waals surface area (Å²) in [5.74, 6) is 1.30. The highest BCUT2D eigenvalue weighted by atomic mass is 19.1. The molecule has 0 unspecified atom stereocenters. The fourth-order valence-electron chi connectivity index (χ4n) is 2.61. The lowest BCUT2D eigenvalue weighted by atomic mass is 9.98. The number of benzene rings is 2. The molecule has 0 aliphatic carbocycles. The van der Waals surface area contributed by atoms with E-state index in [0.717, 1.165) is 46.7 Å². The first-order chi connectivity index (χ1) is 12.1. The Bertz CT molecular complexity index is 764. The molecule has 0 amide bonds. The van der Waals surface area contributed by atoms with Crippen molar-refractivity contribution in [3.63, 3.8) is 0 Å². The highest BCUT2D eigenvalue weighted by Gasteiger charge is 2.13. The zero-order valence-corrected chi connectivity index (χ0v) is 15.3. The van der Waals surface area contributed by atoms with Crippen molar-refractivity contribution in [1.29, 1.82) is 0 Å². The van der Waals surface area contributed by atoms with Crippen LogP contribution in [-0.2, 0) is 0 Å². The van der Waals surface area contributed by atoms with Crippen molar-refractivity contribution in [3.8, 4) is 16.9 Å². The molecule has 4 heteroatoms. The van der Waals surface area contributed by atoms with E-state index in [9.17, 15) is 4.39 Å². The van der Waals surface area contributed by atoms with E-state index in [2.05, 4.69) is 23.3 Å². The Morgan fingerprint density at radius 1 is 1.20 bits per heavy atom. The van der Waals surface area contributed by atoms with Gasteiger partial charge in [0.15, 0.2) is 0 Å². The molecule has 2 rings (SSSR count). The van der Waals surface area contributed by atoms with Crippen LogP contribution in [0.5, 0.6) is 5.75 Å². The largest absolute Gasteiger partial charge is 0.496 e. The fraction of sp³-hybridized carbons (Fsp3) is 0.286. The lowest BCUT2D eigenvalue weighted by Gasteiger charge is -2.15. The standard InChI is InChI=1S/C21H25FN2O/c1-5-6-7-12-24-21(23-3)19-13-17(14-20(25-4)15(19)2)16-8-10-18(22)11-9-16/h7-14H,5-6H2,1-4H3,(H,23,24)/b12-7+. The maximum absolute atomic E-state index is 13.2. The quantitative estimate of drug-likeness (QED) is 0.587. The monoisotopic (exact) mass is 340 g/mol. The first kappa shape index (κ1) is 18.7. The van der Waals surface area contributed by atoms with Gasteiger partial charge in [0.25, 0.3) is 0 Å². The Morgan fingerprint density at radius 2 is 1.92 bits per heavy atom. The van der Waals surface area contributed by atoms with E-state index in [0.29, 0.717) is 0 Å². The van der Waals surface area contributed by atoms with Crippen LogP contribution in [-0.4, -0.2) is 20.0 Å². The molecule has 132 valence electrons. The summed E-state index contributed by atoms with van der Waals surface area (Å²) in [5.41, 5.74) is 3.85. The van der Waals surface area contributed by atoms with Gasteiger partial charge in [-0.2, -0.15) is 0 Å². The van der Waals surface area contributed by atoms with Gasteiger partial charge >= 0.3 is 0 Å². The number of nitrogens with zero attached hydrogens (tertiary/aromatic N) is 1. The van der Waals surface area contributed by atoms with Crippen LogP contribution in [0.25, 0.3) is 11.1 Å². The molecule has 0 bridgehead atoms. The molecule has 0 saturated carbocycles. The van der Waals surface area contributed by atoms with Gasteiger partial charge in [-0.05, 0) is 54.9 Å². The third-order valence-corrected chi connectivity index (χ3v) is 4.03. The van der Waals surface area contributed by atoms with E-state index < -0.39 is 0 Å². The molecule has 1 N–H and O–H groups in total. The Hall–Kier alpha value is -2.62. The van der Waals surface area contributed by atoms with Crippen LogP contribution in [0.4, 0.5) is 4.39 Å². The van der Waals surface area contributed by atoms with Crippen molar-refractivity contribution in [3.05, 3.63) is 65.6 Å². The fourth-order valence-corrected chi connectivity index (χ4v) is 2.61. The predicted molar refractivity (Wildman–Crippen MR) is 103 cm³/mol. The summed E-state index contributed by atoms with van der Waals surface area (Å²) in [6, 6.07) is 10.5. The Balaban J connectivity index is 2.45. The first-order valence-electron chi connectivity index (χ1n) is 8.44. The minimum atomic E-state index is -0.249. The number of aliphatic imine (C=N–C) groups is 1. The molecule has 0 radical (unpaired) electrons. The molecule has 0 aliphatic heterocycles. The van der Waals surface area contributed by atoms with Crippen LogP contribution in [0.2, 0.25) is 0 Å². The maximum Gasteiger partial charge on any atom is 0.132 e. The Morgan fingerprint density at radius 3 is 2.52 bits per heavy atom. The number of unbranched alkanes of at least 4 members (excludes halogenated alkanes) is 1. The molecule has 0 atom stereocenters. The van der Waals surface area contributed by atoms with E-state index >= 15 is 0 Å². The van der Waals surface area contributed by atoms with Crippen LogP contribution in [0.3, 0.4) is 0 Å². The second-order valence-corrected chi connectivity index (χ2v) is 5.77. The average Bonchev–Trinajstić information content (AvgIpc) is 2.63. The van der Waals surface area contributed by atoms with Crippen LogP contribution in [0, 0.1) is 12.7 Å². The van der Waals surface area contributed by atoms with E-state index in [1.54, 1.807) is 26.3 Å². The van der Waals surface area contributed by atoms with Gasteiger partial charge < -0.3 is 10.1 Å². The molecule has 2 aromatic rings. The average molecular weight is 340 g/mol. The lowest BCUT2D eigenvalue weighted by Crippen LogP contribution is -2.20. The highest BCUT2D eigenvalue weighted by Crippen LogP contribution is 2.30. The van der Waals surface area contributed by atoms with Crippen molar-refractivity contribution in [2.24, 2.45) is 4.99 Å². The summed E-state index contributed by atoms with van der Waals surface area (Å²) in [6.07, 6.45) is 6.12. The molecule has 0 spiro atoms. The van der Waals surface area contributed by atoms with Crippen LogP contribution >= 0.6 is 0 Å². The van der Waals surface area contributed by atoms with Gasteiger partial charge in [0.05, 0.1) is 7.11 Å². The summed E-state index contributed by atoms with van der Waals surface area (Å²) >= 11 is 0. The minimum absolute atomic E-state index is 0.249. The van der Waals surface area contributed by atoms with Crippen molar-refractivity contribution in [2.45, 2.75) is 26.7 Å². The van der Waals surface area contributed by atoms with Gasteiger partial charge in [-0.15, -0.1) is 0 Å². The molecular formula is C21H25FN2O. The normalized spacial score (nSPS) is 11.8. The van der Waals surface area contributed by atoms with E-state index in [1.165, 1.54) is 12.1 Å². The summed E-state index contributed by atoms with van der Waals surface area (Å²) in [4.78, 5) is 4.38. The number of allylic oxidation sites excluding steroid dienone is 1. The lowest BCUT2D eigenvalue weighted by molar-refractivity contribution is 0.412. The second kappa shape index (κ2) is 9.02. The van der Waals surface area contributed by atoms with Gasteiger partial charge in [-0.25, -0.2) is 4.39 Å². The van der Waals surface area contributed by atoms with E-state index in [-0.39, 0.29) is 5.82 Å². The van der Waals surface area contributed by atoms with Crippen LogP contribution in [0.1, 0.15) is 30.9 Å². The molecule has 25 heavy (non-hydrogen) atoms. The number of methoxy groups -OCH3 is 1. The van der Waals surface area contributed by atoms with Crippen molar-refractivity contribution in [1.82, 2.24) is 5.32 Å². The van der Waals surface area contributed by atoms with Gasteiger partial charge in [0, 0.05) is 18.2 Å². The molecule has 0 aromatic heterocycles. The molecular weight excluding hydrogens is 315 g/mol. The van der Waals surface area contributed by atoms with Crippen LogP contribution in [0.15, 0.2) is 53.7 Å². The summed E-state index contributed by atoms with van der Waals surface area (Å²) in [6.45, 7) is 4.14. The van der Waals surface area contributed by atoms with E-state index in [1.807, 2.05) is 25.3 Å². The number of rotatable bonds is 6. The number of halogens is 1. The topological polar surface area (TPSA) is 33.6 Å².